The minimum absolute atomic E-state index is 0.132. The molecule has 0 spiro atoms. The highest BCUT2D eigenvalue weighted by Gasteiger charge is 2.16. The SMILES string of the molecule is COc1ccc(C[C@H](N)c2ccc3c(c2)OCO3)cc1OC. The quantitative estimate of drug-likeness (QED) is 0.920. The van der Waals surface area contributed by atoms with Crippen LogP contribution >= 0.6 is 0 Å². The van der Waals surface area contributed by atoms with E-state index < -0.39 is 0 Å². The van der Waals surface area contributed by atoms with Crippen LogP contribution in [0.5, 0.6) is 23.0 Å². The first-order valence-electron chi connectivity index (χ1n) is 7.07. The standard InChI is InChI=1S/C17H19NO4/c1-19-14-5-3-11(8-16(14)20-2)7-13(18)12-4-6-15-17(9-12)22-10-21-15/h3-6,8-9,13H,7,10,18H2,1-2H3/t13-/m0/s1. The minimum atomic E-state index is -0.132. The number of hydrogen-bond donors (Lipinski definition) is 1. The summed E-state index contributed by atoms with van der Waals surface area (Å²) >= 11 is 0. The average Bonchev–Trinajstić information content (AvgIpc) is 3.02. The number of methoxy groups -OCH3 is 2. The van der Waals surface area contributed by atoms with E-state index in [1.165, 1.54) is 0 Å². The van der Waals surface area contributed by atoms with Crippen molar-refractivity contribution in [3.63, 3.8) is 0 Å². The zero-order valence-electron chi connectivity index (χ0n) is 12.7. The van der Waals surface area contributed by atoms with E-state index in [0.29, 0.717) is 17.9 Å². The molecule has 22 heavy (non-hydrogen) atoms. The van der Waals surface area contributed by atoms with Crippen LogP contribution < -0.4 is 24.7 Å². The molecule has 116 valence electrons. The van der Waals surface area contributed by atoms with Gasteiger partial charge in [-0.3, -0.25) is 0 Å². The van der Waals surface area contributed by atoms with Crippen LogP contribution in [0.25, 0.3) is 0 Å². The van der Waals surface area contributed by atoms with E-state index in [9.17, 15) is 0 Å². The summed E-state index contributed by atoms with van der Waals surface area (Å²) in [5, 5.41) is 0. The van der Waals surface area contributed by atoms with Gasteiger partial charge in [-0.25, -0.2) is 0 Å². The third kappa shape index (κ3) is 2.80. The lowest BCUT2D eigenvalue weighted by atomic mass is 9.99. The molecule has 1 aliphatic heterocycles. The van der Waals surface area contributed by atoms with E-state index >= 15 is 0 Å². The molecule has 5 heteroatoms. The first-order chi connectivity index (χ1) is 10.7. The molecule has 0 saturated carbocycles. The molecule has 5 nitrogen and oxygen atoms in total. The summed E-state index contributed by atoms with van der Waals surface area (Å²) in [7, 11) is 3.25. The summed E-state index contributed by atoms with van der Waals surface area (Å²) in [5.41, 5.74) is 8.41. The predicted molar refractivity (Wildman–Crippen MR) is 82.7 cm³/mol. The molecule has 0 unspecified atom stereocenters. The lowest BCUT2D eigenvalue weighted by molar-refractivity contribution is 0.174. The molecule has 0 radical (unpaired) electrons. The number of benzene rings is 2. The fraction of sp³-hybridized carbons (Fsp3) is 0.294. The number of rotatable bonds is 5. The van der Waals surface area contributed by atoms with Gasteiger partial charge in [0.2, 0.25) is 6.79 Å². The second-order valence-corrected chi connectivity index (χ2v) is 5.11. The van der Waals surface area contributed by atoms with Crippen LogP contribution in [-0.4, -0.2) is 21.0 Å². The normalized spacial score (nSPS) is 13.8. The Hall–Kier alpha value is -2.40. The average molecular weight is 301 g/mol. The van der Waals surface area contributed by atoms with Gasteiger partial charge in [0.25, 0.3) is 0 Å². The maximum atomic E-state index is 6.31. The third-order valence-electron chi connectivity index (χ3n) is 3.73. The summed E-state index contributed by atoms with van der Waals surface area (Å²) < 4.78 is 21.3. The molecule has 0 amide bonds. The topological polar surface area (TPSA) is 62.9 Å². The van der Waals surface area contributed by atoms with Crippen LogP contribution in [0.4, 0.5) is 0 Å². The van der Waals surface area contributed by atoms with E-state index in [1.54, 1.807) is 14.2 Å². The van der Waals surface area contributed by atoms with Gasteiger partial charge in [-0.05, 0) is 41.8 Å². The molecule has 1 atom stereocenters. The van der Waals surface area contributed by atoms with Crippen molar-refractivity contribution in [3.05, 3.63) is 47.5 Å². The predicted octanol–water partition coefficient (Wildman–Crippen LogP) is 2.68. The minimum Gasteiger partial charge on any atom is -0.493 e. The van der Waals surface area contributed by atoms with Gasteiger partial charge in [-0.15, -0.1) is 0 Å². The van der Waals surface area contributed by atoms with Crippen molar-refractivity contribution in [1.29, 1.82) is 0 Å². The van der Waals surface area contributed by atoms with Crippen LogP contribution in [0.3, 0.4) is 0 Å². The van der Waals surface area contributed by atoms with E-state index in [2.05, 4.69) is 0 Å². The number of fused-ring (bicyclic) bond motifs is 1. The second-order valence-electron chi connectivity index (χ2n) is 5.11. The highest BCUT2D eigenvalue weighted by Crippen LogP contribution is 2.35. The molecule has 3 rings (SSSR count). The molecule has 1 aliphatic rings. The van der Waals surface area contributed by atoms with Gasteiger partial charge in [-0.1, -0.05) is 12.1 Å². The smallest absolute Gasteiger partial charge is 0.231 e. The first-order valence-corrected chi connectivity index (χ1v) is 7.07. The zero-order chi connectivity index (χ0) is 15.5. The van der Waals surface area contributed by atoms with E-state index in [-0.39, 0.29) is 12.8 Å². The summed E-state index contributed by atoms with van der Waals surface area (Å²) in [6.07, 6.45) is 0.694. The Morgan fingerprint density at radius 3 is 2.55 bits per heavy atom. The number of hydrogen-bond acceptors (Lipinski definition) is 5. The summed E-state index contributed by atoms with van der Waals surface area (Å²) in [6, 6.07) is 11.5. The van der Waals surface area contributed by atoms with Crippen molar-refractivity contribution in [2.75, 3.05) is 21.0 Å². The van der Waals surface area contributed by atoms with Crippen LogP contribution in [0.15, 0.2) is 36.4 Å². The number of ether oxygens (including phenoxy) is 4. The van der Waals surface area contributed by atoms with Gasteiger partial charge in [0.15, 0.2) is 23.0 Å². The van der Waals surface area contributed by atoms with Gasteiger partial charge in [0.1, 0.15) is 0 Å². The van der Waals surface area contributed by atoms with Crippen LogP contribution in [0.2, 0.25) is 0 Å². The van der Waals surface area contributed by atoms with Gasteiger partial charge in [0.05, 0.1) is 14.2 Å². The Morgan fingerprint density at radius 1 is 1.00 bits per heavy atom. The lowest BCUT2D eigenvalue weighted by Crippen LogP contribution is -2.13. The highest BCUT2D eigenvalue weighted by atomic mass is 16.7. The molecule has 2 aromatic carbocycles. The molecular weight excluding hydrogens is 282 g/mol. The Morgan fingerprint density at radius 2 is 1.77 bits per heavy atom. The van der Waals surface area contributed by atoms with Crippen molar-refractivity contribution in [2.45, 2.75) is 12.5 Å². The van der Waals surface area contributed by atoms with E-state index in [1.807, 2.05) is 36.4 Å². The molecule has 0 bridgehead atoms. The maximum Gasteiger partial charge on any atom is 0.231 e. The molecule has 0 fully saturated rings. The monoisotopic (exact) mass is 301 g/mol. The molecule has 0 saturated heterocycles. The highest BCUT2D eigenvalue weighted by molar-refractivity contribution is 5.46. The van der Waals surface area contributed by atoms with E-state index in [4.69, 9.17) is 24.7 Å². The Bertz CT molecular complexity index is 672. The molecule has 0 aromatic heterocycles. The summed E-state index contributed by atoms with van der Waals surface area (Å²) in [4.78, 5) is 0. The fourth-order valence-electron chi connectivity index (χ4n) is 2.52. The van der Waals surface area contributed by atoms with Crippen molar-refractivity contribution in [3.8, 4) is 23.0 Å². The summed E-state index contributed by atoms with van der Waals surface area (Å²) in [6.45, 7) is 0.268. The lowest BCUT2D eigenvalue weighted by Gasteiger charge is -2.14. The largest absolute Gasteiger partial charge is 0.493 e. The van der Waals surface area contributed by atoms with Gasteiger partial charge in [0, 0.05) is 6.04 Å². The summed E-state index contributed by atoms with van der Waals surface area (Å²) in [5.74, 6) is 2.93. The maximum absolute atomic E-state index is 6.31. The van der Waals surface area contributed by atoms with Gasteiger partial charge in [-0.2, -0.15) is 0 Å². The first kappa shape index (κ1) is 14.5. The van der Waals surface area contributed by atoms with Crippen molar-refractivity contribution in [1.82, 2.24) is 0 Å². The van der Waals surface area contributed by atoms with Crippen LogP contribution in [0, 0.1) is 0 Å². The van der Waals surface area contributed by atoms with Crippen LogP contribution in [0.1, 0.15) is 17.2 Å². The molecule has 0 aliphatic carbocycles. The number of nitrogens with two attached hydrogens (primary N) is 1. The second kappa shape index (κ2) is 6.15. The van der Waals surface area contributed by atoms with Crippen molar-refractivity contribution < 1.29 is 18.9 Å². The van der Waals surface area contributed by atoms with Crippen molar-refractivity contribution >= 4 is 0 Å². The molecule has 2 aromatic rings. The fourth-order valence-corrected chi connectivity index (χ4v) is 2.52. The molecular formula is C17H19NO4. The van der Waals surface area contributed by atoms with Gasteiger partial charge < -0.3 is 24.7 Å². The molecule has 1 heterocycles. The third-order valence-corrected chi connectivity index (χ3v) is 3.73. The Balaban J connectivity index is 1.77. The molecule has 2 N–H and O–H groups in total. The zero-order valence-corrected chi connectivity index (χ0v) is 12.7. The Kier molecular flexibility index (Phi) is 4.06. The van der Waals surface area contributed by atoms with Crippen LogP contribution in [-0.2, 0) is 6.42 Å². The Labute approximate surface area is 129 Å². The van der Waals surface area contributed by atoms with E-state index in [0.717, 1.165) is 22.6 Å². The van der Waals surface area contributed by atoms with Crippen molar-refractivity contribution in [2.24, 2.45) is 5.73 Å². The van der Waals surface area contributed by atoms with Gasteiger partial charge >= 0.3 is 0 Å².